The monoisotopic (exact) mass is 229 g/mol. The molecular formula is C12H15N5. The van der Waals surface area contributed by atoms with Gasteiger partial charge in [0.25, 0.3) is 0 Å². The summed E-state index contributed by atoms with van der Waals surface area (Å²) in [5, 5.41) is 0. The fraction of sp³-hybridized carbons (Fsp3) is 0.250. The van der Waals surface area contributed by atoms with Crippen molar-refractivity contribution in [3.63, 3.8) is 0 Å². The molecule has 2 aromatic heterocycles. The second kappa shape index (κ2) is 5.36. The van der Waals surface area contributed by atoms with E-state index in [0.717, 1.165) is 23.6 Å². The van der Waals surface area contributed by atoms with Gasteiger partial charge in [-0.2, -0.15) is 0 Å². The number of hydrogen-bond acceptors (Lipinski definition) is 5. The average molecular weight is 229 g/mol. The van der Waals surface area contributed by atoms with E-state index in [-0.39, 0.29) is 0 Å². The van der Waals surface area contributed by atoms with Gasteiger partial charge in [-0.15, -0.1) is 0 Å². The van der Waals surface area contributed by atoms with E-state index in [9.17, 15) is 0 Å². The maximum Gasteiger partial charge on any atom is 0.147 e. The van der Waals surface area contributed by atoms with Gasteiger partial charge in [-0.1, -0.05) is 6.07 Å². The van der Waals surface area contributed by atoms with Crippen molar-refractivity contribution in [2.24, 2.45) is 5.73 Å². The second-order valence-electron chi connectivity index (χ2n) is 3.79. The van der Waals surface area contributed by atoms with Crippen LogP contribution in [0.15, 0.2) is 36.9 Å². The summed E-state index contributed by atoms with van der Waals surface area (Å²) in [5.41, 5.74) is 7.47. The molecule has 88 valence electrons. The van der Waals surface area contributed by atoms with Crippen molar-refractivity contribution in [1.82, 2.24) is 15.0 Å². The second-order valence-corrected chi connectivity index (χ2v) is 3.79. The summed E-state index contributed by atoms with van der Waals surface area (Å²) >= 11 is 0. The number of aromatic nitrogens is 3. The van der Waals surface area contributed by atoms with Crippen LogP contribution in [-0.2, 0) is 13.1 Å². The lowest BCUT2D eigenvalue weighted by molar-refractivity contribution is 0.861. The summed E-state index contributed by atoms with van der Waals surface area (Å²) in [6, 6.07) is 3.95. The van der Waals surface area contributed by atoms with Crippen LogP contribution >= 0.6 is 0 Å². The summed E-state index contributed by atoms with van der Waals surface area (Å²) in [4.78, 5) is 14.6. The Morgan fingerprint density at radius 3 is 2.82 bits per heavy atom. The molecule has 0 saturated heterocycles. The highest BCUT2D eigenvalue weighted by Gasteiger charge is 2.04. The number of hydrogen-bond donors (Lipinski definition) is 1. The molecule has 2 aromatic rings. The minimum atomic E-state index is 0.404. The fourth-order valence-corrected chi connectivity index (χ4v) is 1.52. The molecule has 0 aliphatic heterocycles. The third-order valence-corrected chi connectivity index (χ3v) is 2.41. The Morgan fingerprint density at radius 1 is 1.24 bits per heavy atom. The van der Waals surface area contributed by atoms with Gasteiger partial charge < -0.3 is 10.6 Å². The first-order valence-electron chi connectivity index (χ1n) is 5.40. The Labute approximate surface area is 100 Å². The third-order valence-electron chi connectivity index (χ3n) is 2.41. The molecule has 0 saturated carbocycles. The maximum atomic E-state index is 5.54. The van der Waals surface area contributed by atoms with Gasteiger partial charge in [0.05, 0.1) is 11.9 Å². The van der Waals surface area contributed by atoms with Gasteiger partial charge in [0.2, 0.25) is 0 Å². The van der Waals surface area contributed by atoms with Crippen LogP contribution in [0.1, 0.15) is 11.3 Å². The highest BCUT2D eigenvalue weighted by atomic mass is 15.2. The number of anilines is 1. The summed E-state index contributed by atoms with van der Waals surface area (Å²) in [5.74, 6) is 0.816. The number of nitrogens with two attached hydrogens (primary N) is 1. The Balaban J connectivity index is 2.11. The summed E-state index contributed by atoms with van der Waals surface area (Å²) < 4.78 is 0. The van der Waals surface area contributed by atoms with Crippen LogP contribution in [0.2, 0.25) is 0 Å². The number of pyridine rings is 1. The largest absolute Gasteiger partial charge is 0.354 e. The molecule has 0 amide bonds. The molecule has 2 N–H and O–H groups in total. The topological polar surface area (TPSA) is 67.9 Å². The normalized spacial score (nSPS) is 10.2. The molecule has 0 unspecified atom stereocenters. The standard InChI is InChI=1S/C12H15N5/c1-17(9-10-3-2-4-14-6-10)12-8-15-7-11(5-13)16-12/h2-4,6-8H,5,9,13H2,1H3. The van der Waals surface area contributed by atoms with Crippen LogP contribution in [0.25, 0.3) is 0 Å². The molecule has 0 aliphatic rings. The molecule has 5 heteroatoms. The SMILES string of the molecule is CN(Cc1cccnc1)c1cncc(CN)n1. The zero-order valence-electron chi connectivity index (χ0n) is 9.74. The van der Waals surface area contributed by atoms with E-state index in [0.29, 0.717) is 6.54 Å². The van der Waals surface area contributed by atoms with Gasteiger partial charge in [-0.25, -0.2) is 4.98 Å². The van der Waals surface area contributed by atoms with Gasteiger partial charge >= 0.3 is 0 Å². The third kappa shape index (κ3) is 2.98. The fourth-order valence-electron chi connectivity index (χ4n) is 1.52. The molecule has 2 heterocycles. The lowest BCUT2D eigenvalue weighted by Gasteiger charge is -2.17. The molecule has 17 heavy (non-hydrogen) atoms. The van der Waals surface area contributed by atoms with Gasteiger partial charge in [-0.05, 0) is 11.6 Å². The van der Waals surface area contributed by atoms with Gasteiger partial charge in [-0.3, -0.25) is 9.97 Å². The summed E-state index contributed by atoms with van der Waals surface area (Å²) in [6.07, 6.45) is 7.02. The minimum absolute atomic E-state index is 0.404. The van der Waals surface area contributed by atoms with Crippen LogP contribution in [0.3, 0.4) is 0 Å². The molecular weight excluding hydrogens is 214 g/mol. The first kappa shape index (κ1) is 11.5. The van der Waals surface area contributed by atoms with Crippen molar-refractivity contribution in [2.45, 2.75) is 13.1 Å². The highest BCUT2D eigenvalue weighted by Crippen LogP contribution is 2.11. The van der Waals surface area contributed by atoms with Crippen molar-refractivity contribution < 1.29 is 0 Å². The molecule has 0 atom stereocenters. The Hall–Kier alpha value is -2.01. The lowest BCUT2D eigenvalue weighted by atomic mass is 10.3. The average Bonchev–Trinajstić information content (AvgIpc) is 2.40. The van der Waals surface area contributed by atoms with Gasteiger partial charge in [0, 0.05) is 38.7 Å². The first-order chi connectivity index (χ1) is 8.29. The smallest absolute Gasteiger partial charge is 0.147 e. The van der Waals surface area contributed by atoms with E-state index < -0.39 is 0 Å². The zero-order chi connectivity index (χ0) is 12.1. The highest BCUT2D eigenvalue weighted by molar-refractivity contribution is 5.36. The molecule has 0 radical (unpaired) electrons. The van der Waals surface area contributed by atoms with Crippen LogP contribution in [0.4, 0.5) is 5.82 Å². The van der Waals surface area contributed by atoms with Crippen LogP contribution in [-0.4, -0.2) is 22.0 Å². The summed E-state index contributed by atoms with van der Waals surface area (Å²) in [7, 11) is 1.97. The van der Waals surface area contributed by atoms with Crippen LogP contribution in [0.5, 0.6) is 0 Å². The van der Waals surface area contributed by atoms with Crippen LogP contribution in [0, 0.1) is 0 Å². The minimum Gasteiger partial charge on any atom is -0.354 e. The van der Waals surface area contributed by atoms with Gasteiger partial charge in [0.15, 0.2) is 0 Å². The zero-order valence-corrected chi connectivity index (χ0v) is 9.74. The van der Waals surface area contributed by atoms with E-state index in [1.54, 1.807) is 18.6 Å². The van der Waals surface area contributed by atoms with E-state index in [2.05, 4.69) is 15.0 Å². The van der Waals surface area contributed by atoms with Crippen molar-refractivity contribution >= 4 is 5.82 Å². The lowest BCUT2D eigenvalue weighted by Crippen LogP contribution is -2.19. The Morgan fingerprint density at radius 2 is 2.12 bits per heavy atom. The van der Waals surface area contributed by atoms with Crippen molar-refractivity contribution in [1.29, 1.82) is 0 Å². The van der Waals surface area contributed by atoms with E-state index in [1.165, 1.54) is 0 Å². The van der Waals surface area contributed by atoms with Gasteiger partial charge in [0.1, 0.15) is 5.82 Å². The van der Waals surface area contributed by atoms with E-state index in [1.807, 2.05) is 30.3 Å². The maximum absolute atomic E-state index is 5.54. The quantitative estimate of drug-likeness (QED) is 0.846. The predicted octanol–water partition coefficient (Wildman–Crippen LogP) is 0.967. The molecule has 5 nitrogen and oxygen atoms in total. The first-order valence-corrected chi connectivity index (χ1v) is 5.40. The molecule has 2 rings (SSSR count). The predicted molar refractivity (Wildman–Crippen MR) is 66.3 cm³/mol. The van der Waals surface area contributed by atoms with E-state index >= 15 is 0 Å². The molecule has 0 bridgehead atoms. The number of rotatable bonds is 4. The molecule has 0 spiro atoms. The summed E-state index contributed by atoms with van der Waals surface area (Å²) in [6.45, 7) is 1.15. The van der Waals surface area contributed by atoms with Crippen molar-refractivity contribution in [3.8, 4) is 0 Å². The Bertz CT molecular complexity index is 471. The molecule has 0 aliphatic carbocycles. The van der Waals surface area contributed by atoms with Crippen molar-refractivity contribution in [3.05, 3.63) is 48.2 Å². The Kier molecular flexibility index (Phi) is 3.62. The molecule has 0 fully saturated rings. The van der Waals surface area contributed by atoms with Crippen molar-refractivity contribution in [2.75, 3.05) is 11.9 Å². The molecule has 0 aromatic carbocycles. The van der Waals surface area contributed by atoms with Crippen LogP contribution < -0.4 is 10.6 Å². The van der Waals surface area contributed by atoms with E-state index in [4.69, 9.17) is 5.73 Å². The number of nitrogens with zero attached hydrogens (tertiary/aromatic N) is 4.